The van der Waals surface area contributed by atoms with Gasteiger partial charge in [0.05, 0.1) is 12.3 Å². The van der Waals surface area contributed by atoms with Gasteiger partial charge >= 0.3 is 5.97 Å². The number of rotatable bonds is 2. The van der Waals surface area contributed by atoms with Gasteiger partial charge in [-0.2, -0.15) is 5.10 Å². The molecule has 0 radical (unpaired) electrons. The predicted octanol–water partition coefficient (Wildman–Crippen LogP) is 7.02. The minimum atomic E-state index is -0.967. The fraction of sp³-hybridized carbons (Fsp3) is 0.417. The van der Waals surface area contributed by atoms with E-state index in [4.69, 9.17) is 26.8 Å². The lowest BCUT2D eigenvalue weighted by molar-refractivity contribution is 0.0684. The van der Waals surface area contributed by atoms with Crippen LogP contribution in [0.1, 0.15) is 57.8 Å². The minimum absolute atomic E-state index is 0.266. The molecule has 3 N–H and O–H groups in total. The standard InChI is InChI=1S/C36H43ClN6O3S/c1-21-32-30-12-11-28(37)34(32)33-22(2)42(5)40-29(33)19-41(4)18-24(38)16-25(39-3)20-47-26-15-23-9-6-7-10-27(23)31(17-26)46-14-8-13-43(30)35(21)36(44)45/h11-12,15-17,38-39H,6-10,13-14,18-20H2,1-5H3,(H,44,45)/b25-16-,38-24?. The predicted molar refractivity (Wildman–Crippen MR) is 191 cm³/mol. The summed E-state index contributed by atoms with van der Waals surface area (Å²) < 4.78 is 10.2. The Balaban J connectivity index is 1.48. The van der Waals surface area contributed by atoms with Gasteiger partial charge in [0, 0.05) is 88.5 Å². The molecule has 6 rings (SSSR count). The van der Waals surface area contributed by atoms with Crippen molar-refractivity contribution in [2.45, 2.75) is 63.9 Å². The third-order valence-electron chi connectivity index (χ3n) is 9.39. The van der Waals surface area contributed by atoms with Crippen molar-refractivity contribution in [2.24, 2.45) is 7.05 Å². The molecule has 0 spiro atoms. The third kappa shape index (κ3) is 6.55. The Labute approximate surface area is 285 Å². The van der Waals surface area contributed by atoms with E-state index in [2.05, 4.69) is 22.3 Å². The molecule has 2 aliphatic rings. The number of fused-ring (bicyclic) bond motifs is 6. The van der Waals surface area contributed by atoms with E-state index in [-0.39, 0.29) is 5.69 Å². The lowest BCUT2D eigenvalue weighted by Gasteiger charge is -2.21. The van der Waals surface area contributed by atoms with E-state index in [1.165, 1.54) is 17.5 Å². The summed E-state index contributed by atoms with van der Waals surface area (Å²) in [4.78, 5) is 16.0. The first kappa shape index (κ1) is 33.2. The van der Waals surface area contributed by atoms with Gasteiger partial charge in [-0.15, -0.1) is 11.8 Å². The molecule has 0 unspecified atom stereocenters. The van der Waals surface area contributed by atoms with Crippen LogP contribution in [0.3, 0.4) is 0 Å². The maximum atomic E-state index is 12.8. The van der Waals surface area contributed by atoms with Crippen molar-refractivity contribution < 1.29 is 14.6 Å². The van der Waals surface area contributed by atoms with Crippen LogP contribution in [-0.2, 0) is 33.0 Å². The number of hydrogen-bond donors (Lipinski definition) is 3. The van der Waals surface area contributed by atoms with Gasteiger partial charge in [0.2, 0.25) is 0 Å². The molecule has 1 aliphatic carbocycles. The Hall–Kier alpha value is -3.73. The highest BCUT2D eigenvalue weighted by Crippen LogP contribution is 2.43. The number of aromatic nitrogens is 3. The highest BCUT2D eigenvalue weighted by Gasteiger charge is 2.27. The summed E-state index contributed by atoms with van der Waals surface area (Å²) in [5.74, 6) is 0.672. The highest BCUT2D eigenvalue weighted by atomic mass is 35.5. The highest BCUT2D eigenvalue weighted by molar-refractivity contribution is 7.99. The summed E-state index contributed by atoms with van der Waals surface area (Å²) in [6, 6.07) is 8.25. The molecule has 0 saturated carbocycles. The van der Waals surface area contributed by atoms with E-state index < -0.39 is 5.97 Å². The largest absolute Gasteiger partial charge is 0.493 e. The number of nitrogens with one attached hydrogen (secondary N) is 2. The fourth-order valence-electron chi connectivity index (χ4n) is 7.10. The summed E-state index contributed by atoms with van der Waals surface area (Å²) >= 11 is 8.74. The van der Waals surface area contributed by atoms with Crippen LogP contribution in [0.15, 0.2) is 40.9 Å². The molecule has 47 heavy (non-hydrogen) atoms. The number of aromatic carboxylic acids is 1. The monoisotopic (exact) mass is 674 g/mol. The number of ether oxygens (including phenoxy) is 1. The Morgan fingerprint density at radius 3 is 2.66 bits per heavy atom. The molecule has 4 aromatic rings. The number of benzene rings is 2. The van der Waals surface area contributed by atoms with Gasteiger partial charge in [0.25, 0.3) is 0 Å². The number of thioether (sulfide) groups is 1. The second kappa shape index (κ2) is 13.8. The molecular formula is C36H43ClN6O3S. The van der Waals surface area contributed by atoms with Gasteiger partial charge in [-0.25, -0.2) is 4.79 Å². The lowest BCUT2D eigenvalue weighted by Crippen LogP contribution is -2.25. The van der Waals surface area contributed by atoms with Crippen LogP contribution in [0.25, 0.3) is 22.0 Å². The molecule has 0 fully saturated rings. The van der Waals surface area contributed by atoms with Crippen molar-refractivity contribution in [1.29, 1.82) is 5.41 Å². The molecular weight excluding hydrogens is 632 g/mol. The molecule has 2 aromatic carbocycles. The summed E-state index contributed by atoms with van der Waals surface area (Å²) in [6.45, 7) is 5.76. The zero-order valence-electron chi connectivity index (χ0n) is 27.8. The second-order valence-corrected chi connectivity index (χ2v) is 14.1. The molecule has 2 aromatic heterocycles. The number of carboxylic acid groups (broad SMARTS) is 1. The third-order valence-corrected chi connectivity index (χ3v) is 10.7. The van der Waals surface area contributed by atoms with Crippen molar-refractivity contribution in [1.82, 2.24) is 24.6 Å². The Bertz CT molecular complexity index is 1910. The Kier molecular flexibility index (Phi) is 9.73. The average Bonchev–Trinajstić information content (AvgIpc) is 3.47. The first-order valence-corrected chi connectivity index (χ1v) is 17.6. The van der Waals surface area contributed by atoms with Crippen molar-refractivity contribution in [3.63, 3.8) is 0 Å². The second-order valence-electron chi connectivity index (χ2n) is 12.7. The summed E-state index contributed by atoms with van der Waals surface area (Å²) in [7, 11) is 5.81. The van der Waals surface area contributed by atoms with Gasteiger partial charge in [0.1, 0.15) is 11.4 Å². The molecule has 0 saturated heterocycles. The number of aryl methyl sites for hydroxylation is 4. The molecule has 9 nitrogen and oxygen atoms in total. The molecule has 3 heterocycles. The SMILES string of the molecule is CN/C1=C\C(=N)CN(C)Cc2nn(C)c(C)c2-c2c(Cl)ccc3c2c(C)c(C(=O)O)n3CCCOc2cc(cc3c2CCCC3)SC1. The van der Waals surface area contributed by atoms with E-state index in [9.17, 15) is 9.90 Å². The quantitative estimate of drug-likeness (QED) is 0.210. The first-order chi connectivity index (χ1) is 22.6. The van der Waals surface area contributed by atoms with E-state index in [1.807, 2.05) is 62.4 Å². The molecule has 1 aliphatic heterocycles. The smallest absolute Gasteiger partial charge is 0.352 e. The maximum absolute atomic E-state index is 12.8. The molecule has 0 atom stereocenters. The van der Waals surface area contributed by atoms with Crippen molar-refractivity contribution in [2.75, 3.05) is 33.0 Å². The fourth-order valence-corrected chi connectivity index (χ4v) is 8.32. The van der Waals surface area contributed by atoms with Crippen LogP contribution >= 0.6 is 23.4 Å². The first-order valence-electron chi connectivity index (χ1n) is 16.2. The minimum Gasteiger partial charge on any atom is -0.493 e. The number of nitrogens with zero attached hydrogens (tertiary/aromatic N) is 4. The van der Waals surface area contributed by atoms with Crippen LogP contribution in [-0.4, -0.2) is 69.0 Å². The summed E-state index contributed by atoms with van der Waals surface area (Å²) in [5.41, 5.74) is 9.37. The van der Waals surface area contributed by atoms with E-state index in [0.717, 1.165) is 69.0 Å². The molecule has 0 amide bonds. The van der Waals surface area contributed by atoms with E-state index in [1.54, 1.807) is 11.8 Å². The summed E-state index contributed by atoms with van der Waals surface area (Å²) in [5, 5.41) is 28.8. The van der Waals surface area contributed by atoms with Gasteiger partial charge in [-0.05, 0) is 100 Å². The van der Waals surface area contributed by atoms with Crippen LogP contribution in [0.5, 0.6) is 5.75 Å². The van der Waals surface area contributed by atoms with Crippen LogP contribution in [0, 0.1) is 19.3 Å². The van der Waals surface area contributed by atoms with Crippen LogP contribution < -0.4 is 10.1 Å². The van der Waals surface area contributed by atoms with Gasteiger partial charge < -0.3 is 25.1 Å². The summed E-state index contributed by atoms with van der Waals surface area (Å²) in [6.07, 6.45) is 6.94. The maximum Gasteiger partial charge on any atom is 0.352 e. The van der Waals surface area contributed by atoms with Crippen molar-refractivity contribution >= 4 is 45.9 Å². The molecule has 248 valence electrons. The normalized spacial score (nSPS) is 17.7. The van der Waals surface area contributed by atoms with Gasteiger partial charge in [-0.1, -0.05) is 11.6 Å². The zero-order chi connectivity index (χ0) is 33.4. The van der Waals surface area contributed by atoms with Crippen molar-refractivity contribution in [3.05, 3.63) is 74.8 Å². The van der Waals surface area contributed by atoms with Crippen LogP contribution in [0.2, 0.25) is 5.02 Å². The lowest BCUT2D eigenvalue weighted by atomic mass is 9.91. The van der Waals surface area contributed by atoms with Gasteiger partial charge in [-0.3, -0.25) is 9.58 Å². The van der Waals surface area contributed by atoms with E-state index in [0.29, 0.717) is 54.7 Å². The van der Waals surface area contributed by atoms with Gasteiger partial charge in [0.15, 0.2) is 0 Å². The number of carbonyl (C=O) groups is 1. The number of hydrogen-bond acceptors (Lipinski definition) is 7. The topological polar surface area (TPSA) is 108 Å². The number of carboxylic acids is 1. The van der Waals surface area contributed by atoms with E-state index >= 15 is 0 Å². The van der Waals surface area contributed by atoms with Crippen molar-refractivity contribution in [3.8, 4) is 16.9 Å². The zero-order valence-corrected chi connectivity index (χ0v) is 29.4. The average molecular weight is 675 g/mol. The molecule has 6 bridgehead atoms. The van der Waals surface area contributed by atoms with Crippen LogP contribution in [0.4, 0.5) is 0 Å². The molecule has 11 heteroatoms. The number of halogens is 1. The Morgan fingerprint density at radius 2 is 1.89 bits per heavy atom. The Morgan fingerprint density at radius 1 is 1.11 bits per heavy atom.